The van der Waals surface area contributed by atoms with E-state index in [1.54, 1.807) is 6.92 Å². The standard InChI is InChI=1S/C20H34O3P2/c1-13(2)24(14(3)4)22-18-10-11-19(17(9)21)20(12-18)23-25(15(5)6)16(7)8/h10-16H,1-9H3. The number of carbonyl (C=O) groups is 1. The molecule has 0 aliphatic heterocycles. The van der Waals surface area contributed by atoms with Gasteiger partial charge in [0.1, 0.15) is 11.5 Å². The first kappa shape index (κ1) is 22.4. The molecule has 142 valence electrons. The van der Waals surface area contributed by atoms with Crippen molar-refractivity contribution in [2.24, 2.45) is 0 Å². The lowest BCUT2D eigenvalue weighted by Crippen LogP contribution is -2.11. The maximum atomic E-state index is 12.0. The maximum Gasteiger partial charge on any atom is 0.163 e. The zero-order valence-electron chi connectivity index (χ0n) is 17.2. The van der Waals surface area contributed by atoms with Gasteiger partial charge in [-0.05, 0) is 19.1 Å². The zero-order valence-corrected chi connectivity index (χ0v) is 18.9. The lowest BCUT2D eigenvalue weighted by molar-refractivity contribution is 0.101. The van der Waals surface area contributed by atoms with Gasteiger partial charge in [-0.3, -0.25) is 4.79 Å². The van der Waals surface area contributed by atoms with Crippen LogP contribution < -0.4 is 9.05 Å². The molecule has 1 rings (SSSR count). The number of benzene rings is 1. The molecule has 0 aliphatic rings. The number of hydrogen-bond acceptors (Lipinski definition) is 3. The highest BCUT2D eigenvalue weighted by atomic mass is 31.1. The van der Waals surface area contributed by atoms with Crippen molar-refractivity contribution >= 4 is 22.1 Å². The molecule has 0 spiro atoms. The van der Waals surface area contributed by atoms with Gasteiger partial charge in [-0.25, -0.2) is 0 Å². The number of carbonyl (C=O) groups excluding carboxylic acids is 1. The smallest absolute Gasteiger partial charge is 0.163 e. The van der Waals surface area contributed by atoms with Gasteiger partial charge in [0.25, 0.3) is 0 Å². The highest BCUT2D eigenvalue weighted by Crippen LogP contribution is 2.51. The molecule has 3 nitrogen and oxygen atoms in total. The Morgan fingerprint density at radius 2 is 1.24 bits per heavy atom. The summed E-state index contributed by atoms with van der Waals surface area (Å²) in [5.41, 5.74) is 2.47. The van der Waals surface area contributed by atoms with Crippen molar-refractivity contribution in [3.05, 3.63) is 23.8 Å². The molecule has 0 unspecified atom stereocenters. The fourth-order valence-electron chi connectivity index (χ4n) is 2.78. The van der Waals surface area contributed by atoms with Crippen LogP contribution in [0, 0.1) is 0 Å². The minimum absolute atomic E-state index is 0.0268. The van der Waals surface area contributed by atoms with Gasteiger partial charge < -0.3 is 9.05 Å². The predicted octanol–water partition coefficient (Wildman–Crippen LogP) is 7.07. The lowest BCUT2D eigenvalue weighted by atomic mass is 10.1. The minimum Gasteiger partial charge on any atom is -0.473 e. The number of Topliss-reactive ketones (excluding diaryl/α,β-unsaturated/α-hetero) is 1. The predicted molar refractivity (Wildman–Crippen MR) is 112 cm³/mol. The van der Waals surface area contributed by atoms with Crippen molar-refractivity contribution in [3.8, 4) is 11.5 Å². The average Bonchev–Trinajstić information content (AvgIpc) is 2.48. The number of rotatable bonds is 9. The van der Waals surface area contributed by atoms with E-state index in [9.17, 15) is 4.79 Å². The van der Waals surface area contributed by atoms with Crippen molar-refractivity contribution in [2.45, 2.75) is 84.9 Å². The van der Waals surface area contributed by atoms with E-state index in [4.69, 9.17) is 9.05 Å². The Hall–Kier alpha value is -0.650. The van der Waals surface area contributed by atoms with Gasteiger partial charge in [-0.15, -0.1) is 0 Å². The average molecular weight is 384 g/mol. The third kappa shape index (κ3) is 6.54. The molecule has 0 aliphatic carbocycles. The SMILES string of the molecule is CC(=O)c1ccc(OP(C(C)C)C(C)C)cc1OP(C(C)C)C(C)C. The molecule has 0 radical (unpaired) electrons. The fourth-order valence-corrected chi connectivity index (χ4v) is 6.74. The van der Waals surface area contributed by atoms with E-state index in [2.05, 4.69) is 55.4 Å². The normalized spacial score (nSPS) is 12.1. The summed E-state index contributed by atoms with van der Waals surface area (Å²) in [5.74, 6) is 1.50. The zero-order chi connectivity index (χ0) is 19.3. The second-order valence-corrected chi connectivity index (χ2v) is 13.4. The molecule has 0 atom stereocenters. The molecule has 1 aromatic carbocycles. The third-order valence-electron chi connectivity index (χ3n) is 3.78. The molecule has 5 heteroatoms. The van der Waals surface area contributed by atoms with Crippen LogP contribution in [0.25, 0.3) is 0 Å². The molecule has 0 saturated carbocycles. The van der Waals surface area contributed by atoms with E-state index < -0.39 is 16.3 Å². The Bertz CT molecular complexity index is 552. The van der Waals surface area contributed by atoms with Crippen molar-refractivity contribution in [1.29, 1.82) is 0 Å². The quantitative estimate of drug-likeness (QED) is 0.337. The summed E-state index contributed by atoms with van der Waals surface area (Å²) in [6.07, 6.45) is 0. The summed E-state index contributed by atoms with van der Waals surface area (Å²) < 4.78 is 12.6. The molecule has 0 bridgehead atoms. The second-order valence-electron chi connectivity index (χ2n) is 7.49. The van der Waals surface area contributed by atoms with Crippen LogP contribution in [0.3, 0.4) is 0 Å². The molecule has 0 saturated heterocycles. The van der Waals surface area contributed by atoms with Gasteiger partial charge in [-0.1, -0.05) is 55.4 Å². The van der Waals surface area contributed by atoms with E-state index in [-0.39, 0.29) is 5.78 Å². The van der Waals surface area contributed by atoms with Crippen LogP contribution in [0.1, 0.15) is 72.7 Å². The van der Waals surface area contributed by atoms with Gasteiger partial charge in [0, 0.05) is 28.7 Å². The molecule has 1 aromatic rings. The van der Waals surface area contributed by atoms with Crippen LogP contribution in [0.4, 0.5) is 0 Å². The van der Waals surface area contributed by atoms with E-state index in [0.29, 0.717) is 33.9 Å². The Balaban J connectivity index is 3.19. The van der Waals surface area contributed by atoms with Crippen LogP contribution in [0.5, 0.6) is 11.5 Å². The van der Waals surface area contributed by atoms with Crippen molar-refractivity contribution < 1.29 is 13.8 Å². The number of hydrogen-bond donors (Lipinski definition) is 0. The van der Waals surface area contributed by atoms with Crippen molar-refractivity contribution in [3.63, 3.8) is 0 Å². The van der Waals surface area contributed by atoms with Crippen LogP contribution >= 0.6 is 16.3 Å². The van der Waals surface area contributed by atoms with Crippen molar-refractivity contribution in [2.75, 3.05) is 0 Å². The first-order chi connectivity index (χ1) is 11.5. The molecular weight excluding hydrogens is 350 g/mol. The van der Waals surface area contributed by atoms with Gasteiger partial charge >= 0.3 is 0 Å². The highest BCUT2D eigenvalue weighted by molar-refractivity contribution is 7.54. The van der Waals surface area contributed by atoms with E-state index in [1.807, 2.05) is 18.2 Å². The topological polar surface area (TPSA) is 35.5 Å². The Morgan fingerprint density at radius 3 is 1.64 bits per heavy atom. The molecule has 0 amide bonds. The number of ketones is 1. The lowest BCUT2D eigenvalue weighted by Gasteiger charge is -2.28. The van der Waals surface area contributed by atoms with Crippen molar-refractivity contribution in [1.82, 2.24) is 0 Å². The van der Waals surface area contributed by atoms with Crippen LogP contribution in [0.2, 0.25) is 0 Å². The first-order valence-corrected chi connectivity index (χ1v) is 11.9. The summed E-state index contributed by atoms with van der Waals surface area (Å²) in [4.78, 5) is 12.0. The van der Waals surface area contributed by atoms with Crippen LogP contribution in [-0.4, -0.2) is 28.4 Å². The van der Waals surface area contributed by atoms with Gasteiger partial charge in [0.05, 0.1) is 21.9 Å². The summed E-state index contributed by atoms with van der Waals surface area (Å²) in [6.45, 7) is 19.1. The minimum atomic E-state index is -0.656. The summed E-state index contributed by atoms with van der Waals surface area (Å²) >= 11 is 0. The molecule has 0 aromatic heterocycles. The second kappa shape index (κ2) is 9.89. The largest absolute Gasteiger partial charge is 0.473 e. The highest BCUT2D eigenvalue weighted by Gasteiger charge is 2.24. The van der Waals surface area contributed by atoms with Gasteiger partial charge in [0.15, 0.2) is 5.78 Å². The molecule has 0 fully saturated rings. The third-order valence-corrected chi connectivity index (χ3v) is 8.68. The van der Waals surface area contributed by atoms with E-state index >= 15 is 0 Å². The molecule has 0 N–H and O–H groups in total. The molecule has 0 heterocycles. The van der Waals surface area contributed by atoms with Gasteiger partial charge in [-0.2, -0.15) is 0 Å². The van der Waals surface area contributed by atoms with Crippen LogP contribution in [-0.2, 0) is 0 Å². The molecular formula is C20H34O3P2. The Labute approximate surface area is 156 Å². The maximum absolute atomic E-state index is 12.0. The Morgan fingerprint density at radius 1 is 0.800 bits per heavy atom. The van der Waals surface area contributed by atoms with E-state index in [1.165, 1.54) is 0 Å². The monoisotopic (exact) mass is 384 g/mol. The first-order valence-electron chi connectivity index (χ1n) is 9.12. The van der Waals surface area contributed by atoms with Crippen LogP contribution in [0.15, 0.2) is 18.2 Å². The summed E-state index contributed by atoms with van der Waals surface area (Å²) in [5, 5.41) is 0. The fraction of sp³-hybridized carbons (Fsp3) is 0.650. The van der Waals surface area contributed by atoms with Gasteiger partial charge in [0.2, 0.25) is 0 Å². The summed E-state index contributed by atoms with van der Waals surface area (Å²) in [6, 6.07) is 5.66. The Kier molecular flexibility index (Phi) is 8.85. The van der Waals surface area contributed by atoms with E-state index in [0.717, 1.165) is 5.75 Å². The molecule has 25 heavy (non-hydrogen) atoms. The summed E-state index contributed by atoms with van der Waals surface area (Å²) in [7, 11) is -1.23.